The second kappa shape index (κ2) is 5.98. The molecule has 0 amide bonds. The number of anilines is 1. The lowest BCUT2D eigenvalue weighted by Crippen LogP contribution is -2.34. The van der Waals surface area contributed by atoms with Crippen molar-refractivity contribution in [2.24, 2.45) is 0 Å². The van der Waals surface area contributed by atoms with Crippen molar-refractivity contribution in [3.8, 4) is 24.7 Å². The fraction of sp³-hybridized carbons (Fsp3) is 0.222. The molecule has 102 valence electrons. The van der Waals surface area contributed by atoms with Crippen LogP contribution in [0.4, 0.5) is 5.69 Å². The van der Waals surface area contributed by atoms with Crippen molar-refractivity contribution >= 4 is 5.69 Å². The van der Waals surface area contributed by atoms with E-state index < -0.39 is 0 Å². The Morgan fingerprint density at radius 1 is 1.21 bits per heavy atom. The summed E-state index contributed by atoms with van der Waals surface area (Å²) in [5, 5.41) is 0. The van der Waals surface area contributed by atoms with E-state index in [1.54, 1.807) is 0 Å². The third kappa shape index (κ3) is 2.72. The number of allylic oxidation sites excluding steroid dienone is 2. The molecule has 1 aromatic rings. The summed E-state index contributed by atoms with van der Waals surface area (Å²) < 4.78 is 0. The van der Waals surface area contributed by atoms with Gasteiger partial charge in [-0.25, -0.2) is 0 Å². The molecule has 19 heavy (non-hydrogen) atoms. The third-order valence-electron chi connectivity index (χ3n) is 3.23. The van der Waals surface area contributed by atoms with Crippen LogP contribution in [0, 0.1) is 24.7 Å². The molecule has 0 saturated carbocycles. The molecule has 1 heterocycles. The van der Waals surface area contributed by atoms with Gasteiger partial charge in [0.25, 0.3) is 0 Å². The third-order valence-corrected chi connectivity index (χ3v) is 3.23. The zero-order valence-electron chi connectivity index (χ0n) is 11.1. The molecular weight excluding hydrogens is 230 g/mol. The number of para-hydroxylation sites is 1. The maximum atomic E-state index is 5.64. The van der Waals surface area contributed by atoms with E-state index in [9.17, 15) is 0 Å². The molecule has 2 rings (SSSR count). The van der Waals surface area contributed by atoms with Crippen molar-refractivity contribution in [1.82, 2.24) is 0 Å². The van der Waals surface area contributed by atoms with E-state index in [0.29, 0.717) is 0 Å². The van der Waals surface area contributed by atoms with Gasteiger partial charge < -0.3 is 4.90 Å². The number of nitrogens with zero attached hydrogens (tertiary/aromatic N) is 1. The number of benzene rings is 1. The molecule has 0 spiro atoms. The van der Waals surface area contributed by atoms with E-state index in [1.807, 2.05) is 30.5 Å². The van der Waals surface area contributed by atoms with Crippen LogP contribution in [0.5, 0.6) is 0 Å². The Balaban J connectivity index is -0.000001000. The quantitative estimate of drug-likeness (QED) is 0.705. The highest BCUT2D eigenvalue weighted by atomic mass is 15.1. The summed E-state index contributed by atoms with van der Waals surface area (Å²) in [6, 6.07) is 10.4. The lowest BCUT2D eigenvalue weighted by molar-refractivity contribution is 0.658. The first-order chi connectivity index (χ1) is 9.30. The fourth-order valence-corrected chi connectivity index (χ4v) is 2.33. The average Bonchev–Trinajstić information content (AvgIpc) is 2.48. The van der Waals surface area contributed by atoms with Crippen LogP contribution < -0.4 is 4.90 Å². The van der Waals surface area contributed by atoms with E-state index in [-0.39, 0.29) is 11.7 Å². The summed E-state index contributed by atoms with van der Waals surface area (Å²) in [5.74, 6) is 5.46. The van der Waals surface area contributed by atoms with Crippen LogP contribution in [-0.2, 0) is 0 Å². The molecule has 1 heteroatoms. The van der Waals surface area contributed by atoms with Gasteiger partial charge in [0, 0.05) is 28.7 Å². The Kier molecular flexibility index (Phi) is 4.11. The van der Waals surface area contributed by atoms with E-state index >= 15 is 0 Å². The van der Waals surface area contributed by atoms with Crippen LogP contribution in [0.1, 0.15) is 25.5 Å². The first-order valence-electron chi connectivity index (χ1n) is 6.50. The molecule has 0 saturated heterocycles. The average molecular weight is 255 g/mol. The molecule has 0 bridgehead atoms. The summed E-state index contributed by atoms with van der Waals surface area (Å²) in [4.78, 5) is 2.19. The van der Waals surface area contributed by atoms with Gasteiger partial charge in [0.1, 0.15) is 0 Å². The molecule has 0 aliphatic carbocycles. The maximum absolute atomic E-state index is 5.64. The predicted octanol–water partition coefficient (Wildman–Crippen LogP) is 4.74. The molecule has 0 radical (unpaired) electrons. The number of hydrogen-bond acceptors (Lipinski definition) is 1. The van der Waals surface area contributed by atoms with Gasteiger partial charge in [-0.2, -0.15) is 0 Å². The highest BCUT2D eigenvalue weighted by Crippen LogP contribution is 2.29. The minimum Gasteiger partial charge on any atom is -0.339 e. The fourth-order valence-electron chi connectivity index (χ4n) is 2.33. The highest BCUT2D eigenvalue weighted by molar-refractivity contribution is 5.61. The number of rotatable bonds is 3. The molecule has 1 aliphatic heterocycles. The second-order valence-corrected chi connectivity index (χ2v) is 4.52. The smallest absolute Gasteiger partial charge is 0.0665 e. The van der Waals surface area contributed by atoms with E-state index in [1.165, 1.54) is 0 Å². The molecule has 0 fully saturated rings. The van der Waals surface area contributed by atoms with Gasteiger partial charge in [0.2, 0.25) is 0 Å². The Labute approximate surface area is 121 Å². The summed E-state index contributed by atoms with van der Waals surface area (Å²) in [7, 11) is 0. The summed E-state index contributed by atoms with van der Waals surface area (Å²) in [5.41, 5.74) is 2.90. The predicted molar refractivity (Wildman–Crippen MR) is 89.9 cm³/mol. The van der Waals surface area contributed by atoms with Crippen molar-refractivity contribution in [2.75, 3.05) is 4.90 Å². The molecular formula is C18H25N. The Morgan fingerprint density at radius 3 is 2.53 bits per heavy atom. The van der Waals surface area contributed by atoms with Crippen LogP contribution in [-0.4, -0.2) is 6.04 Å². The molecule has 0 aromatic heterocycles. The molecule has 0 N–H and O–H groups in total. The Bertz CT molecular complexity index is 594. The van der Waals surface area contributed by atoms with E-state index in [0.717, 1.165) is 29.7 Å². The molecule has 1 nitrogen and oxygen atoms in total. The molecule has 1 atom stereocenters. The molecule has 1 unspecified atom stereocenters. The minimum atomic E-state index is 0. The lowest BCUT2D eigenvalue weighted by Gasteiger charge is -2.34. The second-order valence-electron chi connectivity index (χ2n) is 4.52. The van der Waals surface area contributed by atoms with Gasteiger partial charge in [0.15, 0.2) is 0 Å². The number of terminal acetylenes is 2. The molecule has 1 aliphatic rings. The van der Waals surface area contributed by atoms with Gasteiger partial charge in [-0.05, 0) is 24.6 Å². The largest absolute Gasteiger partial charge is 0.339 e. The lowest BCUT2D eigenvalue weighted by atomic mass is 9.95. The zero-order chi connectivity index (χ0) is 13.7. The minimum absolute atomic E-state index is 0. The van der Waals surface area contributed by atoms with Gasteiger partial charge >= 0.3 is 0 Å². The molecule has 1 aromatic carbocycles. The Hall–Kier alpha value is -2.38. The monoisotopic (exact) mass is 255 g/mol. The van der Waals surface area contributed by atoms with Gasteiger partial charge in [-0.15, -0.1) is 12.8 Å². The maximum Gasteiger partial charge on any atom is 0.0665 e. The van der Waals surface area contributed by atoms with Crippen molar-refractivity contribution in [2.45, 2.75) is 25.8 Å². The Morgan fingerprint density at radius 2 is 1.95 bits per heavy atom. The van der Waals surface area contributed by atoms with Gasteiger partial charge in [-0.1, -0.05) is 43.4 Å². The first kappa shape index (κ1) is 13.1. The first-order valence-corrected chi connectivity index (χ1v) is 6.50. The normalized spacial score (nSPS) is 18.1. The van der Waals surface area contributed by atoms with Crippen molar-refractivity contribution in [3.05, 3.63) is 53.8 Å². The van der Waals surface area contributed by atoms with Crippen LogP contribution >= 0.6 is 0 Å². The highest BCUT2D eigenvalue weighted by Gasteiger charge is 2.23. The summed E-state index contributed by atoms with van der Waals surface area (Å²) >= 11 is 0. The topological polar surface area (TPSA) is 3.24 Å². The summed E-state index contributed by atoms with van der Waals surface area (Å²) in [6.07, 6.45) is 17.2. The SMILES string of the molecule is C#CC1=CN(c2ccccc2)C(CCC)C(C#C)=C1.[HH].[HH].[HH].[HH]. The van der Waals surface area contributed by atoms with Crippen LogP contribution in [0.2, 0.25) is 0 Å². The van der Waals surface area contributed by atoms with E-state index in [4.69, 9.17) is 12.8 Å². The number of hydrogen-bond donors (Lipinski definition) is 0. The standard InChI is InChI=1S/C18H17N.4H2/c1-4-10-18-16(6-3)13-15(5-2)14-19(18)17-11-8-7-9-12-17;;;;/h2-3,7-9,11-14,18H,4,10H2,1H3;4*1H. The van der Waals surface area contributed by atoms with Gasteiger partial charge in [0.05, 0.1) is 6.04 Å². The van der Waals surface area contributed by atoms with Crippen molar-refractivity contribution < 1.29 is 5.71 Å². The van der Waals surface area contributed by atoms with Gasteiger partial charge in [-0.3, -0.25) is 0 Å². The summed E-state index contributed by atoms with van der Waals surface area (Å²) in [6.45, 7) is 2.16. The van der Waals surface area contributed by atoms with Crippen LogP contribution in [0.15, 0.2) is 53.8 Å². The van der Waals surface area contributed by atoms with Crippen LogP contribution in [0.3, 0.4) is 0 Å². The zero-order valence-corrected chi connectivity index (χ0v) is 11.1. The van der Waals surface area contributed by atoms with Crippen LogP contribution in [0.25, 0.3) is 0 Å². The van der Waals surface area contributed by atoms with E-state index in [2.05, 4.69) is 35.8 Å². The van der Waals surface area contributed by atoms with Crippen molar-refractivity contribution in [1.29, 1.82) is 0 Å². The van der Waals surface area contributed by atoms with Crippen molar-refractivity contribution in [3.63, 3.8) is 0 Å².